The lowest BCUT2D eigenvalue weighted by atomic mass is 9.80. The van der Waals surface area contributed by atoms with Gasteiger partial charge in [-0.15, -0.1) is 0 Å². The van der Waals surface area contributed by atoms with Crippen LogP contribution in [0, 0.1) is 6.92 Å². The lowest BCUT2D eigenvalue weighted by Crippen LogP contribution is -2.54. The van der Waals surface area contributed by atoms with Crippen LogP contribution in [0.4, 0.5) is 5.69 Å². The molecule has 4 rings (SSSR count). The number of amides is 1. The molecule has 5 heteroatoms. The zero-order valence-electron chi connectivity index (χ0n) is 16.4. The minimum absolute atomic E-state index is 0.101. The van der Waals surface area contributed by atoms with E-state index in [0.29, 0.717) is 13.0 Å². The van der Waals surface area contributed by atoms with Gasteiger partial charge in [0.2, 0.25) is 5.91 Å². The molecule has 0 bridgehead atoms. The molecule has 1 aliphatic carbocycles. The second-order valence-corrected chi connectivity index (χ2v) is 7.84. The van der Waals surface area contributed by atoms with E-state index in [0.717, 1.165) is 48.2 Å². The van der Waals surface area contributed by atoms with Crippen molar-refractivity contribution in [3.63, 3.8) is 0 Å². The fraction of sp³-hybridized carbons (Fsp3) is 0.391. The Kier molecular flexibility index (Phi) is 5.33. The lowest BCUT2D eigenvalue weighted by Gasteiger charge is -2.37. The molecule has 0 atom stereocenters. The summed E-state index contributed by atoms with van der Waals surface area (Å²) in [5.74, 6) is 1.01. The van der Waals surface area contributed by atoms with Crippen LogP contribution in [0.15, 0.2) is 48.5 Å². The Morgan fingerprint density at radius 3 is 2.57 bits per heavy atom. The first-order chi connectivity index (χ1) is 13.6. The van der Waals surface area contributed by atoms with E-state index >= 15 is 0 Å². The van der Waals surface area contributed by atoms with Gasteiger partial charge in [0.05, 0.1) is 11.0 Å². The zero-order valence-corrected chi connectivity index (χ0v) is 16.4. The molecule has 0 aliphatic heterocycles. The number of hydrogen-bond donors (Lipinski definition) is 3. The van der Waals surface area contributed by atoms with Gasteiger partial charge in [-0.1, -0.05) is 49.1 Å². The largest absolute Gasteiger partial charge is 0.371 e. The summed E-state index contributed by atoms with van der Waals surface area (Å²) in [6.45, 7) is 2.65. The van der Waals surface area contributed by atoms with E-state index in [2.05, 4.69) is 51.8 Å². The topological polar surface area (TPSA) is 69.8 Å². The molecule has 5 nitrogen and oxygen atoms in total. The van der Waals surface area contributed by atoms with Gasteiger partial charge in [-0.3, -0.25) is 4.79 Å². The van der Waals surface area contributed by atoms with Crippen molar-refractivity contribution in [2.45, 2.75) is 51.0 Å². The summed E-state index contributed by atoms with van der Waals surface area (Å²) in [6.07, 6.45) is 5.80. The van der Waals surface area contributed by atoms with E-state index in [1.807, 2.05) is 24.3 Å². The zero-order chi connectivity index (χ0) is 19.4. The van der Waals surface area contributed by atoms with Gasteiger partial charge in [-0.05, 0) is 44.0 Å². The molecule has 1 amide bonds. The number of carbonyl (C=O) groups is 1. The number of para-hydroxylation sites is 2. The van der Waals surface area contributed by atoms with Gasteiger partial charge in [0.15, 0.2) is 0 Å². The Balaban J connectivity index is 1.41. The molecule has 3 N–H and O–H groups in total. The highest BCUT2D eigenvalue weighted by molar-refractivity contribution is 5.89. The molecule has 1 heterocycles. The van der Waals surface area contributed by atoms with Gasteiger partial charge in [0.25, 0.3) is 0 Å². The molecule has 2 aromatic carbocycles. The predicted molar refractivity (Wildman–Crippen MR) is 113 cm³/mol. The summed E-state index contributed by atoms with van der Waals surface area (Å²) in [7, 11) is 0. The third kappa shape index (κ3) is 4.03. The van der Waals surface area contributed by atoms with Crippen LogP contribution in [-0.2, 0) is 11.2 Å². The molecule has 1 aromatic heterocycles. The predicted octanol–water partition coefficient (Wildman–Crippen LogP) is 4.35. The quantitative estimate of drug-likeness (QED) is 0.599. The molecular weight excluding hydrogens is 348 g/mol. The van der Waals surface area contributed by atoms with Crippen molar-refractivity contribution in [1.82, 2.24) is 15.3 Å². The van der Waals surface area contributed by atoms with Crippen molar-refractivity contribution >= 4 is 22.6 Å². The number of hydrogen-bond acceptors (Lipinski definition) is 3. The number of anilines is 1. The second kappa shape index (κ2) is 8.05. The van der Waals surface area contributed by atoms with E-state index in [-0.39, 0.29) is 5.91 Å². The lowest BCUT2D eigenvalue weighted by molar-refractivity contribution is -0.126. The van der Waals surface area contributed by atoms with E-state index in [9.17, 15) is 4.79 Å². The first-order valence-electron chi connectivity index (χ1n) is 10.2. The van der Waals surface area contributed by atoms with Crippen LogP contribution in [0.2, 0.25) is 0 Å². The summed E-state index contributed by atoms with van der Waals surface area (Å²) in [4.78, 5) is 21.1. The molecule has 28 heavy (non-hydrogen) atoms. The molecular formula is C23H28N4O. The number of benzene rings is 2. The number of imidazole rings is 1. The van der Waals surface area contributed by atoms with Crippen molar-refractivity contribution in [3.05, 3.63) is 59.9 Å². The third-order valence-electron chi connectivity index (χ3n) is 5.66. The number of aromatic nitrogens is 2. The van der Waals surface area contributed by atoms with Crippen LogP contribution in [0.25, 0.3) is 11.0 Å². The van der Waals surface area contributed by atoms with E-state index in [1.165, 1.54) is 12.0 Å². The Bertz CT molecular complexity index is 906. The Labute approximate surface area is 166 Å². The van der Waals surface area contributed by atoms with Crippen LogP contribution in [-0.4, -0.2) is 28.0 Å². The minimum atomic E-state index is -0.513. The summed E-state index contributed by atoms with van der Waals surface area (Å²) in [6, 6.07) is 16.3. The summed E-state index contributed by atoms with van der Waals surface area (Å²) in [5.41, 5.74) is 3.72. The van der Waals surface area contributed by atoms with Crippen molar-refractivity contribution in [2.24, 2.45) is 0 Å². The number of aryl methyl sites for hydroxylation is 1. The Morgan fingerprint density at radius 2 is 1.82 bits per heavy atom. The number of fused-ring (bicyclic) bond motifs is 1. The van der Waals surface area contributed by atoms with Gasteiger partial charge in [0.1, 0.15) is 11.4 Å². The first kappa shape index (κ1) is 18.5. The fourth-order valence-electron chi connectivity index (χ4n) is 4.07. The molecule has 0 unspecified atom stereocenters. The summed E-state index contributed by atoms with van der Waals surface area (Å²) in [5, 5.41) is 6.71. The SMILES string of the molecule is Cc1ccc(NC2(C(=O)NCCc3nc4ccccc4[nH]3)CCCCC2)cc1. The smallest absolute Gasteiger partial charge is 0.245 e. The fourth-order valence-corrected chi connectivity index (χ4v) is 4.07. The van der Waals surface area contributed by atoms with Gasteiger partial charge >= 0.3 is 0 Å². The van der Waals surface area contributed by atoms with E-state index in [1.54, 1.807) is 0 Å². The maximum absolute atomic E-state index is 13.1. The minimum Gasteiger partial charge on any atom is -0.371 e. The standard InChI is InChI=1S/C23H28N4O/c1-17-9-11-18(12-10-17)27-23(14-5-2-6-15-23)22(28)24-16-13-21-25-19-7-3-4-8-20(19)26-21/h3-4,7-12,27H,2,5-6,13-16H2,1H3,(H,24,28)(H,25,26). The average Bonchev–Trinajstić information content (AvgIpc) is 3.13. The third-order valence-corrected chi connectivity index (χ3v) is 5.66. The van der Waals surface area contributed by atoms with Crippen LogP contribution in [0.5, 0.6) is 0 Å². The molecule has 1 aliphatic rings. The maximum Gasteiger partial charge on any atom is 0.245 e. The number of H-pyrrole nitrogens is 1. The van der Waals surface area contributed by atoms with Crippen LogP contribution in [0.1, 0.15) is 43.5 Å². The number of carbonyl (C=O) groups excluding carboxylic acids is 1. The number of rotatable bonds is 6. The summed E-state index contributed by atoms with van der Waals surface area (Å²) < 4.78 is 0. The number of nitrogens with one attached hydrogen (secondary N) is 3. The highest BCUT2D eigenvalue weighted by Crippen LogP contribution is 2.32. The molecule has 0 radical (unpaired) electrons. The molecule has 0 spiro atoms. The van der Waals surface area contributed by atoms with Crippen LogP contribution < -0.4 is 10.6 Å². The van der Waals surface area contributed by atoms with Crippen molar-refractivity contribution in [1.29, 1.82) is 0 Å². The Hall–Kier alpha value is -2.82. The average molecular weight is 377 g/mol. The highest BCUT2D eigenvalue weighted by atomic mass is 16.2. The molecule has 146 valence electrons. The van der Waals surface area contributed by atoms with Crippen LogP contribution >= 0.6 is 0 Å². The van der Waals surface area contributed by atoms with Crippen molar-refractivity contribution in [2.75, 3.05) is 11.9 Å². The second-order valence-electron chi connectivity index (χ2n) is 7.84. The summed E-state index contributed by atoms with van der Waals surface area (Å²) >= 11 is 0. The van der Waals surface area contributed by atoms with E-state index < -0.39 is 5.54 Å². The van der Waals surface area contributed by atoms with Gasteiger partial charge in [0, 0.05) is 18.7 Å². The first-order valence-corrected chi connectivity index (χ1v) is 10.2. The normalized spacial score (nSPS) is 16.0. The van der Waals surface area contributed by atoms with Crippen molar-refractivity contribution < 1.29 is 4.79 Å². The highest BCUT2D eigenvalue weighted by Gasteiger charge is 2.39. The number of aromatic amines is 1. The number of nitrogens with zero attached hydrogens (tertiary/aromatic N) is 1. The van der Waals surface area contributed by atoms with Gasteiger partial charge < -0.3 is 15.6 Å². The van der Waals surface area contributed by atoms with Crippen LogP contribution in [0.3, 0.4) is 0 Å². The van der Waals surface area contributed by atoms with Crippen molar-refractivity contribution in [3.8, 4) is 0 Å². The van der Waals surface area contributed by atoms with Gasteiger partial charge in [-0.25, -0.2) is 4.98 Å². The monoisotopic (exact) mass is 376 g/mol. The molecule has 1 fully saturated rings. The van der Waals surface area contributed by atoms with E-state index in [4.69, 9.17) is 0 Å². The molecule has 3 aromatic rings. The maximum atomic E-state index is 13.1. The molecule has 1 saturated carbocycles. The molecule has 0 saturated heterocycles. The van der Waals surface area contributed by atoms with Gasteiger partial charge in [-0.2, -0.15) is 0 Å². The Morgan fingerprint density at radius 1 is 1.07 bits per heavy atom.